The summed E-state index contributed by atoms with van der Waals surface area (Å²) in [6.45, 7) is 3.64. The van der Waals surface area contributed by atoms with E-state index < -0.39 is 9.84 Å². The molecule has 0 aliphatic carbocycles. The monoisotopic (exact) mass is 410 g/mol. The topological polar surface area (TPSA) is 49.4 Å². The van der Waals surface area contributed by atoms with Gasteiger partial charge in [-0.3, -0.25) is 0 Å². The van der Waals surface area contributed by atoms with Crippen molar-refractivity contribution in [2.45, 2.75) is 17.7 Å². The van der Waals surface area contributed by atoms with Gasteiger partial charge in [0.1, 0.15) is 0 Å². The zero-order valence-electron chi connectivity index (χ0n) is 12.8. The van der Waals surface area contributed by atoms with Crippen LogP contribution in [0.4, 0.5) is 0 Å². The number of piperidine rings is 1. The van der Waals surface area contributed by atoms with Crippen molar-refractivity contribution >= 4 is 38.2 Å². The van der Waals surface area contributed by atoms with Crippen LogP contribution in [0, 0.1) is 5.92 Å². The second kappa shape index (κ2) is 9.23. The third-order valence-corrected chi connectivity index (χ3v) is 6.18. The number of sulfone groups is 1. The smallest absolute Gasteiger partial charge is 0.179 e. The van der Waals surface area contributed by atoms with Crippen molar-refractivity contribution in [1.29, 1.82) is 0 Å². The van der Waals surface area contributed by atoms with Crippen molar-refractivity contribution in [1.82, 2.24) is 10.2 Å². The van der Waals surface area contributed by atoms with E-state index in [-0.39, 0.29) is 18.2 Å². The van der Waals surface area contributed by atoms with Gasteiger partial charge in [-0.05, 0) is 63.2 Å². The molecule has 1 aromatic rings. The van der Waals surface area contributed by atoms with Crippen LogP contribution in [-0.2, 0) is 9.84 Å². The summed E-state index contributed by atoms with van der Waals surface area (Å²) >= 11 is 3.33. The van der Waals surface area contributed by atoms with Crippen molar-refractivity contribution in [2.24, 2.45) is 5.92 Å². The van der Waals surface area contributed by atoms with Gasteiger partial charge in [-0.2, -0.15) is 0 Å². The Hall–Kier alpha value is -0.140. The summed E-state index contributed by atoms with van der Waals surface area (Å²) in [7, 11) is -1.22. The molecular formula is C15H24BrClN2O2S. The third-order valence-electron chi connectivity index (χ3n) is 3.94. The van der Waals surface area contributed by atoms with E-state index in [0.717, 1.165) is 30.5 Å². The first kappa shape index (κ1) is 19.9. The van der Waals surface area contributed by atoms with Gasteiger partial charge in [0, 0.05) is 17.6 Å². The quantitative estimate of drug-likeness (QED) is 0.781. The lowest BCUT2D eigenvalue weighted by molar-refractivity contribution is 0.182. The van der Waals surface area contributed by atoms with Gasteiger partial charge in [0.05, 0.1) is 10.6 Å². The van der Waals surface area contributed by atoms with Crippen LogP contribution < -0.4 is 5.32 Å². The van der Waals surface area contributed by atoms with Gasteiger partial charge < -0.3 is 10.2 Å². The van der Waals surface area contributed by atoms with E-state index in [1.165, 1.54) is 6.42 Å². The van der Waals surface area contributed by atoms with Crippen LogP contribution in [0.25, 0.3) is 0 Å². The van der Waals surface area contributed by atoms with Crippen LogP contribution in [-0.4, -0.2) is 52.3 Å². The number of nitrogens with one attached hydrogen (secondary N) is 1. The zero-order chi connectivity index (χ0) is 15.3. The molecule has 1 unspecified atom stereocenters. The van der Waals surface area contributed by atoms with Crippen LogP contribution >= 0.6 is 28.3 Å². The minimum absolute atomic E-state index is 0. The second-order valence-corrected chi connectivity index (χ2v) is 8.66. The molecule has 7 heteroatoms. The fourth-order valence-electron chi connectivity index (χ4n) is 2.82. The van der Waals surface area contributed by atoms with Crippen molar-refractivity contribution < 1.29 is 8.42 Å². The van der Waals surface area contributed by atoms with E-state index in [2.05, 4.69) is 26.1 Å². The molecule has 4 nitrogen and oxygen atoms in total. The molecule has 1 atom stereocenters. The Morgan fingerprint density at radius 2 is 2.00 bits per heavy atom. The molecule has 22 heavy (non-hydrogen) atoms. The maximum absolute atomic E-state index is 12.3. The van der Waals surface area contributed by atoms with Gasteiger partial charge in [0.2, 0.25) is 0 Å². The van der Waals surface area contributed by atoms with Crippen LogP contribution in [0.5, 0.6) is 0 Å². The average molecular weight is 412 g/mol. The molecule has 2 rings (SSSR count). The first-order chi connectivity index (χ1) is 10.0. The van der Waals surface area contributed by atoms with Crippen molar-refractivity contribution in [2.75, 3.05) is 39.0 Å². The number of nitrogens with zero attached hydrogens (tertiary/aromatic N) is 1. The molecule has 1 aromatic carbocycles. The maximum atomic E-state index is 12.3. The number of rotatable bonds is 6. The van der Waals surface area contributed by atoms with Crippen molar-refractivity contribution in [3.05, 3.63) is 28.7 Å². The van der Waals surface area contributed by atoms with Gasteiger partial charge in [-0.1, -0.05) is 15.9 Å². The van der Waals surface area contributed by atoms with Gasteiger partial charge in [0.15, 0.2) is 9.84 Å². The van der Waals surface area contributed by atoms with E-state index in [1.807, 2.05) is 7.05 Å². The van der Waals surface area contributed by atoms with E-state index in [4.69, 9.17) is 0 Å². The molecule has 1 heterocycles. The first-order valence-electron chi connectivity index (χ1n) is 7.36. The standard InChI is InChI=1S/C15H23BrN2O2S.ClH/c1-17-11-13-3-2-8-18(12-13)9-10-21(19,20)15-6-4-14(16)5-7-15;/h4-7,13,17H,2-3,8-12H2,1H3;1H. The molecule has 0 amide bonds. The fraction of sp³-hybridized carbons (Fsp3) is 0.600. The molecule has 1 aliphatic heterocycles. The highest BCUT2D eigenvalue weighted by Crippen LogP contribution is 2.18. The lowest BCUT2D eigenvalue weighted by atomic mass is 9.98. The molecular weight excluding hydrogens is 388 g/mol. The Kier molecular flexibility index (Phi) is 8.35. The van der Waals surface area contributed by atoms with E-state index in [9.17, 15) is 8.42 Å². The van der Waals surface area contributed by atoms with Crippen LogP contribution in [0.15, 0.2) is 33.6 Å². The Balaban J connectivity index is 0.00000242. The Bertz CT molecular complexity index is 549. The number of hydrogen-bond donors (Lipinski definition) is 1. The highest BCUT2D eigenvalue weighted by atomic mass is 79.9. The van der Waals surface area contributed by atoms with Crippen molar-refractivity contribution in [3.63, 3.8) is 0 Å². The lowest BCUT2D eigenvalue weighted by Crippen LogP contribution is -2.41. The van der Waals surface area contributed by atoms with Gasteiger partial charge in [-0.15, -0.1) is 12.4 Å². The summed E-state index contributed by atoms with van der Waals surface area (Å²) in [5.74, 6) is 0.833. The molecule has 0 spiro atoms. The minimum Gasteiger partial charge on any atom is -0.319 e. The van der Waals surface area contributed by atoms with Gasteiger partial charge in [-0.25, -0.2) is 8.42 Å². The largest absolute Gasteiger partial charge is 0.319 e. The molecule has 0 aromatic heterocycles. The highest BCUT2D eigenvalue weighted by Gasteiger charge is 2.22. The summed E-state index contributed by atoms with van der Waals surface area (Å²) in [6.07, 6.45) is 2.39. The average Bonchev–Trinajstić information content (AvgIpc) is 2.47. The Labute approximate surface area is 148 Å². The van der Waals surface area contributed by atoms with E-state index in [0.29, 0.717) is 17.4 Å². The van der Waals surface area contributed by atoms with Crippen LogP contribution in [0.1, 0.15) is 12.8 Å². The summed E-state index contributed by atoms with van der Waals surface area (Å²) in [5, 5.41) is 3.21. The number of halogens is 2. The Morgan fingerprint density at radius 3 is 2.64 bits per heavy atom. The number of hydrogen-bond acceptors (Lipinski definition) is 4. The highest BCUT2D eigenvalue weighted by molar-refractivity contribution is 9.10. The van der Waals surface area contributed by atoms with Gasteiger partial charge >= 0.3 is 0 Å². The minimum atomic E-state index is -3.18. The molecule has 1 aliphatic rings. The molecule has 0 radical (unpaired) electrons. The van der Waals surface area contributed by atoms with E-state index >= 15 is 0 Å². The normalized spacial score (nSPS) is 19.6. The zero-order valence-corrected chi connectivity index (χ0v) is 16.0. The maximum Gasteiger partial charge on any atom is 0.179 e. The molecule has 0 saturated carbocycles. The molecule has 1 N–H and O–H groups in total. The number of benzene rings is 1. The van der Waals surface area contributed by atoms with Crippen molar-refractivity contribution in [3.8, 4) is 0 Å². The van der Waals surface area contributed by atoms with Crippen LogP contribution in [0.3, 0.4) is 0 Å². The number of likely N-dealkylation sites (tertiary alicyclic amines) is 1. The summed E-state index contributed by atoms with van der Waals surface area (Å²) < 4.78 is 25.6. The molecule has 0 bridgehead atoms. The third kappa shape index (κ3) is 5.81. The SMILES string of the molecule is CNCC1CCCN(CCS(=O)(=O)c2ccc(Br)cc2)C1.Cl. The summed E-state index contributed by atoms with van der Waals surface area (Å²) in [5.41, 5.74) is 0. The van der Waals surface area contributed by atoms with E-state index in [1.54, 1.807) is 24.3 Å². The molecule has 1 fully saturated rings. The fourth-order valence-corrected chi connectivity index (χ4v) is 4.37. The molecule has 126 valence electrons. The predicted molar refractivity (Wildman–Crippen MR) is 96.5 cm³/mol. The second-order valence-electron chi connectivity index (χ2n) is 5.64. The lowest BCUT2D eigenvalue weighted by Gasteiger charge is -2.32. The Morgan fingerprint density at radius 1 is 1.32 bits per heavy atom. The summed E-state index contributed by atoms with van der Waals surface area (Å²) in [4.78, 5) is 2.69. The van der Waals surface area contributed by atoms with Crippen LogP contribution in [0.2, 0.25) is 0 Å². The first-order valence-corrected chi connectivity index (χ1v) is 9.81. The molecule has 1 saturated heterocycles. The van der Waals surface area contributed by atoms with Gasteiger partial charge in [0.25, 0.3) is 0 Å². The predicted octanol–water partition coefficient (Wildman–Crippen LogP) is 2.58. The summed E-state index contributed by atoms with van der Waals surface area (Å²) in [6, 6.07) is 6.88.